The standard InChI is InChI=1S/C25H19N5O2/c1-29-11-17(15-5-3-4-6-20(15)29)22-23(25(32)28-24(22)31)18-12-30(2)21-9-14(7-8-16(18)21)19-10-26-13-27-19/h3-13H,1-2H3,(H,26,27)(H,28,31,32). The summed E-state index contributed by atoms with van der Waals surface area (Å²) in [5, 5.41) is 4.36. The largest absolute Gasteiger partial charge is 0.350 e. The van der Waals surface area contributed by atoms with Crippen LogP contribution in [0.5, 0.6) is 0 Å². The highest BCUT2D eigenvalue weighted by molar-refractivity contribution is 6.50. The number of rotatable bonds is 3. The lowest BCUT2D eigenvalue weighted by atomic mass is 9.95. The number of nitrogens with zero attached hydrogens (tertiary/aromatic N) is 3. The third-order valence-corrected chi connectivity index (χ3v) is 6.17. The molecular weight excluding hydrogens is 402 g/mol. The molecule has 4 heterocycles. The molecule has 156 valence electrons. The van der Waals surface area contributed by atoms with Crippen molar-refractivity contribution in [3.8, 4) is 11.3 Å². The predicted molar refractivity (Wildman–Crippen MR) is 123 cm³/mol. The number of aryl methyl sites for hydroxylation is 2. The number of carbonyl (C=O) groups is 2. The Bertz CT molecular complexity index is 1600. The summed E-state index contributed by atoms with van der Waals surface area (Å²) in [4.78, 5) is 33.2. The number of para-hydroxylation sites is 1. The van der Waals surface area contributed by atoms with Crippen LogP contribution in [0.3, 0.4) is 0 Å². The van der Waals surface area contributed by atoms with Crippen LogP contribution in [-0.4, -0.2) is 30.9 Å². The average molecular weight is 421 g/mol. The van der Waals surface area contributed by atoms with E-state index >= 15 is 0 Å². The van der Waals surface area contributed by atoms with E-state index in [-0.39, 0.29) is 11.8 Å². The van der Waals surface area contributed by atoms with E-state index in [4.69, 9.17) is 0 Å². The highest BCUT2D eigenvalue weighted by atomic mass is 16.2. The number of amides is 2. The van der Waals surface area contributed by atoms with Crippen LogP contribution in [0.1, 0.15) is 11.1 Å². The Labute approximate surface area is 183 Å². The maximum Gasteiger partial charge on any atom is 0.259 e. The molecule has 7 heteroatoms. The van der Waals surface area contributed by atoms with Crippen molar-refractivity contribution in [2.75, 3.05) is 0 Å². The smallest absolute Gasteiger partial charge is 0.259 e. The summed E-state index contributed by atoms with van der Waals surface area (Å²) < 4.78 is 3.96. The fourth-order valence-corrected chi connectivity index (χ4v) is 4.67. The first-order chi connectivity index (χ1) is 15.5. The van der Waals surface area contributed by atoms with E-state index in [0.29, 0.717) is 11.1 Å². The summed E-state index contributed by atoms with van der Waals surface area (Å²) in [6, 6.07) is 13.9. The van der Waals surface area contributed by atoms with Gasteiger partial charge in [0.2, 0.25) is 0 Å². The molecule has 5 aromatic rings. The quantitative estimate of drug-likeness (QED) is 0.436. The summed E-state index contributed by atoms with van der Waals surface area (Å²) in [5.41, 5.74) is 6.20. The number of nitrogens with one attached hydrogen (secondary N) is 2. The zero-order valence-electron chi connectivity index (χ0n) is 17.5. The minimum atomic E-state index is -0.372. The molecular formula is C25H19N5O2. The molecule has 1 aliphatic rings. The van der Waals surface area contributed by atoms with E-state index in [1.807, 2.05) is 72.0 Å². The Morgan fingerprint density at radius 2 is 1.47 bits per heavy atom. The first-order valence-electron chi connectivity index (χ1n) is 10.3. The van der Waals surface area contributed by atoms with Crippen LogP contribution in [0.2, 0.25) is 0 Å². The van der Waals surface area contributed by atoms with Crippen molar-refractivity contribution in [3.05, 3.63) is 78.5 Å². The fraction of sp³-hybridized carbons (Fsp3) is 0.0800. The second-order valence-corrected chi connectivity index (χ2v) is 8.05. The van der Waals surface area contributed by atoms with Gasteiger partial charge in [-0.25, -0.2) is 4.98 Å². The number of benzene rings is 2. The lowest BCUT2D eigenvalue weighted by Crippen LogP contribution is -2.22. The second kappa shape index (κ2) is 6.55. The van der Waals surface area contributed by atoms with Gasteiger partial charge in [-0.1, -0.05) is 30.3 Å². The number of hydrogen-bond donors (Lipinski definition) is 2. The molecule has 6 rings (SSSR count). The van der Waals surface area contributed by atoms with Crippen LogP contribution in [0.15, 0.2) is 67.4 Å². The predicted octanol–water partition coefficient (Wildman–Crippen LogP) is 3.63. The van der Waals surface area contributed by atoms with Crippen molar-refractivity contribution in [2.24, 2.45) is 14.1 Å². The van der Waals surface area contributed by atoms with Crippen LogP contribution in [0.4, 0.5) is 0 Å². The van der Waals surface area contributed by atoms with Gasteiger partial charge in [0.1, 0.15) is 0 Å². The zero-order chi connectivity index (χ0) is 22.0. The van der Waals surface area contributed by atoms with E-state index in [1.54, 1.807) is 12.5 Å². The number of aromatic nitrogens is 4. The Kier molecular flexibility index (Phi) is 3.76. The van der Waals surface area contributed by atoms with Crippen molar-refractivity contribution in [1.82, 2.24) is 24.4 Å². The second-order valence-electron chi connectivity index (χ2n) is 8.05. The Morgan fingerprint density at radius 3 is 2.16 bits per heavy atom. The molecule has 0 saturated heterocycles. The van der Waals surface area contributed by atoms with Gasteiger partial charge in [0.25, 0.3) is 11.8 Å². The monoisotopic (exact) mass is 421 g/mol. The lowest BCUT2D eigenvalue weighted by molar-refractivity contribution is -0.122. The molecule has 0 radical (unpaired) electrons. The maximum atomic E-state index is 13.0. The molecule has 0 saturated carbocycles. The molecule has 0 atom stereocenters. The third kappa shape index (κ3) is 2.51. The lowest BCUT2D eigenvalue weighted by Gasteiger charge is -2.04. The molecule has 0 unspecified atom stereocenters. The minimum Gasteiger partial charge on any atom is -0.350 e. The molecule has 2 amide bonds. The zero-order valence-corrected chi connectivity index (χ0v) is 17.5. The van der Waals surface area contributed by atoms with Gasteiger partial charge < -0.3 is 14.1 Å². The summed E-state index contributed by atoms with van der Waals surface area (Å²) >= 11 is 0. The summed E-state index contributed by atoms with van der Waals surface area (Å²) in [6.07, 6.45) is 7.25. The topological polar surface area (TPSA) is 84.7 Å². The highest BCUT2D eigenvalue weighted by Gasteiger charge is 2.35. The molecule has 0 spiro atoms. The van der Waals surface area contributed by atoms with Crippen LogP contribution in [-0.2, 0) is 23.7 Å². The van der Waals surface area contributed by atoms with E-state index < -0.39 is 0 Å². The first kappa shape index (κ1) is 18.4. The number of imide groups is 1. The average Bonchev–Trinajstić information content (AvgIpc) is 3.55. The van der Waals surface area contributed by atoms with Gasteiger partial charge in [-0.2, -0.15) is 0 Å². The third-order valence-electron chi connectivity index (χ3n) is 6.17. The summed E-state index contributed by atoms with van der Waals surface area (Å²) in [6.45, 7) is 0. The molecule has 7 nitrogen and oxygen atoms in total. The van der Waals surface area contributed by atoms with Gasteiger partial charge in [-0.15, -0.1) is 0 Å². The highest BCUT2D eigenvalue weighted by Crippen LogP contribution is 2.39. The molecule has 0 aliphatic carbocycles. The number of fused-ring (bicyclic) bond motifs is 2. The Morgan fingerprint density at radius 1 is 0.812 bits per heavy atom. The minimum absolute atomic E-state index is 0.368. The number of carbonyl (C=O) groups excluding carboxylic acids is 2. The summed E-state index contributed by atoms with van der Waals surface area (Å²) in [5.74, 6) is -0.740. The molecule has 1 aliphatic heterocycles. The normalized spacial score (nSPS) is 14.2. The SMILES string of the molecule is Cn1cc(C2=C(c3cn(C)c4cc(-c5cnc[nH]5)ccc34)C(=O)NC2=O)c2ccccc21. The first-order valence-corrected chi connectivity index (χ1v) is 10.3. The fourth-order valence-electron chi connectivity index (χ4n) is 4.67. The van der Waals surface area contributed by atoms with Crippen LogP contribution < -0.4 is 5.32 Å². The van der Waals surface area contributed by atoms with Gasteiger partial charge in [0, 0.05) is 65.0 Å². The van der Waals surface area contributed by atoms with Gasteiger partial charge in [-0.3, -0.25) is 14.9 Å². The van der Waals surface area contributed by atoms with Crippen LogP contribution >= 0.6 is 0 Å². The summed E-state index contributed by atoms with van der Waals surface area (Å²) in [7, 11) is 3.88. The maximum absolute atomic E-state index is 13.0. The van der Waals surface area contributed by atoms with E-state index in [9.17, 15) is 9.59 Å². The molecule has 32 heavy (non-hydrogen) atoms. The van der Waals surface area contributed by atoms with Crippen LogP contribution in [0.25, 0.3) is 44.2 Å². The van der Waals surface area contributed by atoms with E-state index in [1.165, 1.54) is 0 Å². The van der Waals surface area contributed by atoms with Gasteiger partial charge >= 0.3 is 0 Å². The van der Waals surface area contributed by atoms with Gasteiger partial charge in [-0.05, 0) is 12.1 Å². The van der Waals surface area contributed by atoms with Crippen molar-refractivity contribution in [1.29, 1.82) is 0 Å². The molecule has 0 fully saturated rings. The molecule has 2 N–H and O–H groups in total. The number of H-pyrrole nitrogens is 1. The van der Waals surface area contributed by atoms with Gasteiger partial charge in [0.15, 0.2) is 0 Å². The van der Waals surface area contributed by atoms with Crippen molar-refractivity contribution >= 4 is 44.8 Å². The Hall–Kier alpha value is -4.39. The Balaban J connectivity index is 1.62. The number of hydrogen-bond acceptors (Lipinski definition) is 3. The van der Waals surface area contributed by atoms with Gasteiger partial charge in [0.05, 0.1) is 29.4 Å². The van der Waals surface area contributed by atoms with E-state index in [2.05, 4.69) is 21.4 Å². The number of aromatic amines is 1. The van der Waals surface area contributed by atoms with Crippen molar-refractivity contribution < 1.29 is 9.59 Å². The molecule has 3 aromatic heterocycles. The van der Waals surface area contributed by atoms with Crippen LogP contribution in [0, 0.1) is 0 Å². The molecule has 2 aromatic carbocycles. The van der Waals surface area contributed by atoms with Crippen molar-refractivity contribution in [3.63, 3.8) is 0 Å². The molecule has 0 bridgehead atoms. The number of imidazole rings is 1. The van der Waals surface area contributed by atoms with E-state index in [0.717, 1.165) is 44.2 Å². The van der Waals surface area contributed by atoms with Crippen molar-refractivity contribution in [2.45, 2.75) is 0 Å².